The molecule has 3 aromatic rings. The number of allylic oxidation sites excluding steroid dienone is 9. The van der Waals surface area contributed by atoms with Crippen molar-refractivity contribution in [2.75, 3.05) is 0 Å². The molecule has 4 rings (SSSR count). The summed E-state index contributed by atoms with van der Waals surface area (Å²) in [6.07, 6.45) is 11.9. The molecule has 1 atom stereocenters. The van der Waals surface area contributed by atoms with Crippen LogP contribution in [0.4, 0.5) is 0 Å². The molecule has 0 radical (unpaired) electrons. The van der Waals surface area contributed by atoms with Crippen molar-refractivity contribution in [3.05, 3.63) is 133 Å². The van der Waals surface area contributed by atoms with Crippen molar-refractivity contribution in [1.82, 2.24) is 9.97 Å². The van der Waals surface area contributed by atoms with Crippen LogP contribution in [0.3, 0.4) is 0 Å². The Bertz CT molecular complexity index is 1300. The number of hydrogen-bond acceptors (Lipinski definition) is 2. The van der Waals surface area contributed by atoms with Gasteiger partial charge in [0.15, 0.2) is 0 Å². The molecule has 0 amide bonds. The Kier molecular flexibility index (Phi) is 5.39. The third-order valence-electron chi connectivity index (χ3n) is 5.82. The minimum atomic E-state index is -0.642. The van der Waals surface area contributed by atoms with E-state index in [-0.39, 0.29) is 0 Å². The van der Waals surface area contributed by atoms with Gasteiger partial charge in [0.25, 0.3) is 0 Å². The number of benzene rings is 2. The maximum absolute atomic E-state index is 5.21. The number of rotatable bonds is 6. The van der Waals surface area contributed by atoms with Crippen LogP contribution in [0.5, 0.6) is 0 Å². The fraction of sp³-hybridized carbons (Fsp3) is 0.103. The molecule has 0 N–H and O–H groups in total. The van der Waals surface area contributed by atoms with Gasteiger partial charge in [-0.15, -0.1) is 0 Å². The Morgan fingerprint density at radius 3 is 2.26 bits per heavy atom. The van der Waals surface area contributed by atoms with E-state index >= 15 is 0 Å². The molecule has 1 aliphatic rings. The van der Waals surface area contributed by atoms with Crippen molar-refractivity contribution in [3.8, 4) is 11.3 Å². The molecule has 2 nitrogen and oxygen atoms in total. The molecular formula is C29H26N2. The zero-order chi connectivity index (χ0) is 22.0. The summed E-state index contributed by atoms with van der Waals surface area (Å²) in [7, 11) is 0. The van der Waals surface area contributed by atoms with Gasteiger partial charge < -0.3 is 0 Å². The van der Waals surface area contributed by atoms with Gasteiger partial charge in [-0.05, 0) is 42.7 Å². The van der Waals surface area contributed by atoms with Gasteiger partial charge >= 0.3 is 0 Å². The Labute approximate surface area is 184 Å². The molecule has 2 heteroatoms. The highest BCUT2D eigenvalue weighted by atomic mass is 14.9. The van der Waals surface area contributed by atoms with Gasteiger partial charge in [0.2, 0.25) is 0 Å². The number of nitrogens with zero attached hydrogens (tertiary/aromatic N) is 2. The fourth-order valence-corrected chi connectivity index (χ4v) is 4.63. The quantitative estimate of drug-likeness (QED) is 0.405. The summed E-state index contributed by atoms with van der Waals surface area (Å²) in [4.78, 5) is 10.3. The van der Waals surface area contributed by atoms with Crippen LogP contribution in [0.2, 0.25) is 0 Å². The molecule has 1 unspecified atom stereocenters. The van der Waals surface area contributed by atoms with Crippen LogP contribution < -0.4 is 0 Å². The SMILES string of the molecule is C=C/C=C\C(=C/C)C1(/C(=C/C=C)C(=C)C)c2ccccc2-c2nc3ccccc3nc21. The summed E-state index contributed by atoms with van der Waals surface area (Å²) < 4.78 is 0. The Balaban J connectivity index is 2.25. The Morgan fingerprint density at radius 1 is 0.935 bits per heavy atom. The van der Waals surface area contributed by atoms with E-state index in [1.165, 1.54) is 0 Å². The van der Waals surface area contributed by atoms with Crippen LogP contribution >= 0.6 is 0 Å². The van der Waals surface area contributed by atoms with Gasteiger partial charge in [-0.3, -0.25) is 0 Å². The highest BCUT2D eigenvalue weighted by molar-refractivity contribution is 5.88. The van der Waals surface area contributed by atoms with Gasteiger partial charge in [-0.1, -0.05) is 98.2 Å². The normalized spacial score (nSPS) is 18.1. The first-order chi connectivity index (χ1) is 15.1. The lowest BCUT2D eigenvalue weighted by atomic mass is 9.66. The van der Waals surface area contributed by atoms with E-state index in [1.54, 1.807) is 6.08 Å². The first-order valence-electron chi connectivity index (χ1n) is 10.4. The predicted molar refractivity (Wildman–Crippen MR) is 132 cm³/mol. The van der Waals surface area contributed by atoms with E-state index in [9.17, 15) is 0 Å². The first-order valence-corrected chi connectivity index (χ1v) is 10.4. The number of para-hydroxylation sites is 2. The van der Waals surface area contributed by atoms with E-state index in [1.807, 2.05) is 43.3 Å². The molecule has 152 valence electrons. The number of fused-ring (bicyclic) bond motifs is 4. The van der Waals surface area contributed by atoms with Crippen LogP contribution in [0.25, 0.3) is 22.3 Å². The highest BCUT2D eigenvalue weighted by Gasteiger charge is 2.50. The largest absolute Gasteiger partial charge is 0.247 e. The topological polar surface area (TPSA) is 25.8 Å². The molecule has 1 heterocycles. The molecule has 0 bridgehead atoms. The molecular weight excluding hydrogens is 376 g/mol. The zero-order valence-corrected chi connectivity index (χ0v) is 18.1. The summed E-state index contributed by atoms with van der Waals surface area (Å²) in [6.45, 7) is 16.3. The van der Waals surface area contributed by atoms with E-state index in [2.05, 4.69) is 69.2 Å². The lowest BCUT2D eigenvalue weighted by Gasteiger charge is -2.35. The van der Waals surface area contributed by atoms with E-state index in [0.29, 0.717) is 0 Å². The van der Waals surface area contributed by atoms with E-state index in [0.717, 1.165) is 50.3 Å². The van der Waals surface area contributed by atoms with Gasteiger partial charge in [-0.25, -0.2) is 9.97 Å². The summed E-state index contributed by atoms with van der Waals surface area (Å²) in [5.74, 6) is 0. The average molecular weight is 403 g/mol. The van der Waals surface area contributed by atoms with E-state index in [4.69, 9.17) is 9.97 Å². The zero-order valence-electron chi connectivity index (χ0n) is 18.1. The third kappa shape index (κ3) is 3.03. The number of hydrogen-bond donors (Lipinski definition) is 0. The molecule has 0 fully saturated rings. The second-order valence-electron chi connectivity index (χ2n) is 7.64. The summed E-state index contributed by atoms with van der Waals surface area (Å²) in [5.41, 5.74) is 8.32. The van der Waals surface area contributed by atoms with Crippen molar-refractivity contribution in [2.45, 2.75) is 19.3 Å². The minimum absolute atomic E-state index is 0.642. The molecule has 1 aliphatic carbocycles. The van der Waals surface area contributed by atoms with E-state index < -0.39 is 5.41 Å². The highest BCUT2D eigenvalue weighted by Crippen LogP contribution is 2.57. The Morgan fingerprint density at radius 2 is 1.61 bits per heavy atom. The van der Waals surface area contributed by atoms with Gasteiger partial charge in [0.05, 0.1) is 27.8 Å². The molecule has 31 heavy (non-hydrogen) atoms. The molecule has 0 saturated carbocycles. The van der Waals surface area contributed by atoms with Crippen LogP contribution in [-0.2, 0) is 5.41 Å². The maximum Gasteiger partial charge on any atom is 0.0944 e. The van der Waals surface area contributed by atoms with Crippen LogP contribution in [0, 0.1) is 0 Å². The predicted octanol–water partition coefficient (Wildman–Crippen LogP) is 7.27. The van der Waals surface area contributed by atoms with Crippen molar-refractivity contribution in [3.63, 3.8) is 0 Å². The lowest BCUT2D eigenvalue weighted by molar-refractivity contribution is 0.725. The second-order valence-corrected chi connectivity index (χ2v) is 7.64. The van der Waals surface area contributed by atoms with Gasteiger partial charge in [0.1, 0.15) is 0 Å². The minimum Gasteiger partial charge on any atom is -0.247 e. The second kappa shape index (κ2) is 8.16. The molecule has 0 aliphatic heterocycles. The van der Waals surface area contributed by atoms with Crippen LogP contribution in [0.1, 0.15) is 25.1 Å². The lowest BCUT2D eigenvalue weighted by Crippen LogP contribution is -2.31. The average Bonchev–Trinajstić information content (AvgIpc) is 3.06. The van der Waals surface area contributed by atoms with Gasteiger partial charge in [0, 0.05) is 5.56 Å². The molecule has 0 saturated heterocycles. The van der Waals surface area contributed by atoms with Gasteiger partial charge in [-0.2, -0.15) is 0 Å². The monoisotopic (exact) mass is 402 g/mol. The van der Waals surface area contributed by atoms with Crippen LogP contribution in [-0.4, -0.2) is 9.97 Å². The van der Waals surface area contributed by atoms with Crippen LogP contribution in [0.15, 0.2) is 121 Å². The fourth-order valence-electron chi connectivity index (χ4n) is 4.63. The number of aromatic nitrogens is 2. The maximum atomic E-state index is 5.21. The Hall–Kier alpha value is -3.78. The summed E-state index contributed by atoms with van der Waals surface area (Å²) >= 11 is 0. The molecule has 2 aromatic carbocycles. The smallest absolute Gasteiger partial charge is 0.0944 e. The first kappa shape index (κ1) is 20.5. The third-order valence-corrected chi connectivity index (χ3v) is 5.82. The summed E-state index contributed by atoms with van der Waals surface area (Å²) in [5, 5.41) is 0. The molecule has 0 spiro atoms. The van der Waals surface area contributed by atoms with Crippen molar-refractivity contribution < 1.29 is 0 Å². The van der Waals surface area contributed by atoms with Crippen molar-refractivity contribution >= 4 is 11.0 Å². The molecule has 1 aromatic heterocycles. The van der Waals surface area contributed by atoms with Crippen molar-refractivity contribution in [2.24, 2.45) is 0 Å². The summed E-state index contributed by atoms with van der Waals surface area (Å²) in [6, 6.07) is 16.5. The van der Waals surface area contributed by atoms with Crippen molar-refractivity contribution in [1.29, 1.82) is 0 Å². The standard InChI is InChI=1S/C29H26N2/c1-6-9-15-21(8-3)29(23(14-7-2)20(4)5)24-17-11-10-16-22(24)27-28(29)31-26-19-13-12-18-25(26)30-27/h6-19H,1-2,4H2,3,5H3/b15-9-,21-8+,23-14+.